The van der Waals surface area contributed by atoms with Gasteiger partial charge >= 0.3 is 6.03 Å². The number of aromatic nitrogens is 2. The Balaban J connectivity index is 1.94. The van der Waals surface area contributed by atoms with Gasteiger partial charge in [0.1, 0.15) is 10.6 Å². The highest BCUT2D eigenvalue weighted by molar-refractivity contribution is 7.92. The standard InChI is InChI=1S/C20H27N5O3S/c1-20(2,29(27,28)15-6-4-5-7-15)16-12-17(21)25-18(24-16)13-8-10-14(11-9-13)23-19(26)22-3/h8-12,15H,4-7H2,1-3H3,(H2,21,24,25)(H2,22,23,26). The van der Waals surface area contributed by atoms with Crippen molar-refractivity contribution in [3.8, 4) is 11.4 Å². The van der Waals surface area contributed by atoms with E-state index in [1.54, 1.807) is 38.1 Å². The Hall–Kier alpha value is -2.68. The van der Waals surface area contributed by atoms with Crippen molar-refractivity contribution in [3.05, 3.63) is 36.0 Å². The lowest BCUT2D eigenvalue weighted by Crippen LogP contribution is -2.37. The van der Waals surface area contributed by atoms with Crippen molar-refractivity contribution >= 4 is 27.4 Å². The van der Waals surface area contributed by atoms with Crippen molar-refractivity contribution in [2.45, 2.75) is 49.5 Å². The van der Waals surface area contributed by atoms with Crippen LogP contribution in [0.3, 0.4) is 0 Å². The molecule has 0 radical (unpaired) electrons. The summed E-state index contributed by atoms with van der Waals surface area (Å²) in [5.41, 5.74) is 7.67. The van der Waals surface area contributed by atoms with Crippen molar-refractivity contribution in [2.75, 3.05) is 18.1 Å². The number of hydrogen-bond acceptors (Lipinski definition) is 6. The molecule has 1 saturated carbocycles. The van der Waals surface area contributed by atoms with Gasteiger partial charge in [-0.1, -0.05) is 12.8 Å². The lowest BCUT2D eigenvalue weighted by Gasteiger charge is -2.28. The number of hydrogen-bond donors (Lipinski definition) is 3. The zero-order valence-corrected chi connectivity index (χ0v) is 17.7. The molecule has 0 spiro atoms. The molecular weight excluding hydrogens is 390 g/mol. The number of carbonyl (C=O) groups excluding carboxylic acids is 1. The van der Waals surface area contributed by atoms with Gasteiger partial charge in [0.2, 0.25) is 0 Å². The van der Waals surface area contributed by atoms with Gasteiger partial charge < -0.3 is 16.4 Å². The molecule has 0 atom stereocenters. The second-order valence-corrected chi connectivity index (χ2v) is 10.5. The molecule has 0 bridgehead atoms. The minimum atomic E-state index is -3.43. The molecule has 1 aliphatic rings. The summed E-state index contributed by atoms with van der Waals surface area (Å²) < 4.78 is 25.3. The largest absolute Gasteiger partial charge is 0.384 e. The lowest BCUT2D eigenvalue weighted by atomic mass is 10.1. The molecular formula is C20H27N5O3S. The number of rotatable bonds is 5. The van der Waals surface area contributed by atoms with Crippen LogP contribution in [0.4, 0.5) is 16.3 Å². The highest BCUT2D eigenvalue weighted by atomic mass is 32.2. The number of nitrogens with two attached hydrogens (primary N) is 1. The maximum absolute atomic E-state index is 13.2. The van der Waals surface area contributed by atoms with E-state index in [1.165, 1.54) is 13.1 Å². The number of urea groups is 1. The number of nitrogens with one attached hydrogen (secondary N) is 2. The normalized spacial score (nSPS) is 15.3. The molecule has 1 aromatic carbocycles. The Morgan fingerprint density at radius 2 is 1.76 bits per heavy atom. The van der Waals surface area contributed by atoms with E-state index in [0.29, 0.717) is 35.6 Å². The van der Waals surface area contributed by atoms with Crippen LogP contribution in [0.1, 0.15) is 45.2 Å². The predicted octanol–water partition coefficient (Wildman–Crippen LogP) is 3.07. The van der Waals surface area contributed by atoms with Crippen molar-refractivity contribution in [1.82, 2.24) is 15.3 Å². The minimum absolute atomic E-state index is 0.215. The van der Waals surface area contributed by atoms with Crippen LogP contribution in [0.15, 0.2) is 30.3 Å². The van der Waals surface area contributed by atoms with Gasteiger partial charge in [-0.15, -0.1) is 0 Å². The molecule has 2 amide bonds. The van der Waals surface area contributed by atoms with Crippen LogP contribution in [0.25, 0.3) is 11.4 Å². The van der Waals surface area contributed by atoms with Crippen molar-refractivity contribution in [1.29, 1.82) is 0 Å². The summed E-state index contributed by atoms with van der Waals surface area (Å²) in [6, 6.07) is 8.16. The molecule has 2 aromatic rings. The zero-order chi connectivity index (χ0) is 21.2. The van der Waals surface area contributed by atoms with Crippen LogP contribution < -0.4 is 16.4 Å². The van der Waals surface area contributed by atoms with E-state index in [4.69, 9.17) is 5.73 Å². The van der Waals surface area contributed by atoms with Gasteiger partial charge in [0, 0.05) is 24.4 Å². The molecule has 29 heavy (non-hydrogen) atoms. The maximum Gasteiger partial charge on any atom is 0.318 e. The highest BCUT2D eigenvalue weighted by Crippen LogP contribution is 2.38. The highest BCUT2D eigenvalue weighted by Gasteiger charge is 2.44. The minimum Gasteiger partial charge on any atom is -0.384 e. The number of amides is 2. The third kappa shape index (κ3) is 4.19. The van der Waals surface area contributed by atoms with E-state index in [9.17, 15) is 13.2 Å². The number of anilines is 2. The second-order valence-electron chi connectivity index (χ2n) is 7.74. The SMILES string of the molecule is CNC(=O)Nc1ccc(-c2nc(N)cc(C(C)(C)S(=O)(=O)C3CCCC3)n2)cc1. The average Bonchev–Trinajstić information content (AvgIpc) is 3.23. The first-order valence-electron chi connectivity index (χ1n) is 9.63. The van der Waals surface area contributed by atoms with E-state index in [-0.39, 0.29) is 17.1 Å². The van der Waals surface area contributed by atoms with Crippen molar-refractivity contribution < 1.29 is 13.2 Å². The number of nitrogen functional groups attached to an aromatic ring is 1. The Morgan fingerprint density at radius 3 is 2.34 bits per heavy atom. The van der Waals surface area contributed by atoms with Gasteiger partial charge in [0.05, 0.1) is 10.9 Å². The van der Waals surface area contributed by atoms with Gasteiger partial charge in [-0.3, -0.25) is 0 Å². The number of nitrogens with zero attached hydrogens (tertiary/aromatic N) is 2. The number of sulfone groups is 1. The Morgan fingerprint density at radius 1 is 1.14 bits per heavy atom. The summed E-state index contributed by atoms with van der Waals surface area (Å²) >= 11 is 0. The molecule has 0 saturated heterocycles. The molecule has 1 aromatic heterocycles. The Labute approximate surface area is 171 Å². The van der Waals surface area contributed by atoms with E-state index in [0.717, 1.165) is 12.8 Å². The summed E-state index contributed by atoms with van der Waals surface area (Å²) in [5, 5.41) is 4.81. The first kappa shape index (κ1) is 21.0. The fraction of sp³-hybridized carbons (Fsp3) is 0.450. The summed E-state index contributed by atoms with van der Waals surface area (Å²) in [6.07, 6.45) is 3.26. The monoisotopic (exact) mass is 417 g/mol. The quantitative estimate of drug-likeness (QED) is 0.686. The van der Waals surface area contributed by atoms with Crippen LogP contribution in [-0.2, 0) is 14.6 Å². The third-order valence-electron chi connectivity index (χ3n) is 5.44. The molecule has 0 unspecified atom stereocenters. The molecule has 1 aliphatic carbocycles. The van der Waals surface area contributed by atoms with Gasteiger partial charge in [0.15, 0.2) is 15.7 Å². The fourth-order valence-corrected chi connectivity index (χ4v) is 5.74. The molecule has 156 valence electrons. The second kappa shape index (κ2) is 7.98. The average molecular weight is 418 g/mol. The van der Waals surface area contributed by atoms with E-state index in [2.05, 4.69) is 20.6 Å². The summed E-state index contributed by atoms with van der Waals surface area (Å²) in [6.45, 7) is 3.37. The van der Waals surface area contributed by atoms with E-state index < -0.39 is 14.6 Å². The van der Waals surface area contributed by atoms with Gasteiger partial charge in [0.25, 0.3) is 0 Å². The summed E-state index contributed by atoms with van der Waals surface area (Å²) in [4.78, 5) is 20.2. The van der Waals surface area contributed by atoms with Crippen LogP contribution in [0.2, 0.25) is 0 Å². The molecule has 3 rings (SSSR count). The molecule has 1 fully saturated rings. The predicted molar refractivity (Wildman–Crippen MR) is 114 cm³/mol. The topological polar surface area (TPSA) is 127 Å². The van der Waals surface area contributed by atoms with E-state index >= 15 is 0 Å². The number of carbonyl (C=O) groups is 1. The first-order chi connectivity index (χ1) is 13.6. The molecule has 1 heterocycles. The lowest BCUT2D eigenvalue weighted by molar-refractivity contribution is 0.254. The zero-order valence-electron chi connectivity index (χ0n) is 16.9. The van der Waals surface area contributed by atoms with Gasteiger partial charge in [-0.2, -0.15) is 0 Å². The van der Waals surface area contributed by atoms with Crippen molar-refractivity contribution in [2.24, 2.45) is 0 Å². The smallest absolute Gasteiger partial charge is 0.318 e. The number of benzene rings is 1. The van der Waals surface area contributed by atoms with Crippen LogP contribution in [-0.4, -0.2) is 36.7 Å². The van der Waals surface area contributed by atoms with Gasteiger partial charge in [-0.05, 0) is 51.0 Å². The first-order valence-corrected chi connectivity index (χ1v) is 11.2. The van der Waals surface area contributed by atoms with Gasteiger partial charge in [-0.25, -0.2) is 23.2 Å². The van der Waals surface area contributed by atoms with Crippen LogP contribution in [0, 0.1) is 0 Å². The van der Waals surface area contributed by atoms with Crippen LogP contribution in [0.5, 0.6) is 0 Å². The summed E-state index contributed by atoms with van der Waals surface area (Å²) in [7, 11) is -1.90. The van der Waals surface area contributed by atoms with Crippen LogP contribution >= 0.6 is 0 Å². The summed E-state index contributed by atoms with van der Waals surface area (Å²) in [5.74, 6) is 0.563. The van der Waals surface area contributed by atoms with E-state index in [1.807, 2.05) is 0 Å². The molecule has 4 N–H and O–H groups in total. The molecule has 0 aliphatic heterocycles. The third-order valence-corrected chi connectivity index (χ3v) is 8.42. The fourth-order valence-electron chi connectivity index (χ4n) is 3.56. The molecule has 9 heteroatoms. The molecule has 8 nitrogen and oxygen atoms in total. The Kier molecular flexibility index (Phi) is 5.79. The van der Waals surface area contributed by atoms with Crippen molar-refractivity contribution in [3.63, 3.8) is 0 Å². The Bertz CT molecular complexity index is 997. The maximum atomic E-state index is 13.2.